The molecule has 0 aliphatic rings. The second-order valence-electron chi connectivity index (χ2n) is 6.90. The zero-order valence-electron chi connectivity index (χ0n) is 16.8. The third-order valence-corrected chi connectivity index (χ3v) is 4.98. The van der Waals surface area contributed by atoms with Crippen molar-refractivity contribution in [3.05, 3.63) is 65.5 Å². The number of aromatic nitrogens is 1. The lowest BCUT2D eigenvalue weighted by molar-refractivity contribution is 0.0935. The van der Waals surface area contributed by atoms with Crippen LogP contribution in [0.1, 0.15) is 34.8 Å². The van der Waals surface area contributed by atoms with Crippen LogP contribution in [0.3, 0.4) is 0 Å². The highest BCUT2D eigenvalue weighted by molar-refractivity contribution is 5.99. The van der Waals surface area contributed by atoms with E-state index in [9.17, 15) is 4.79 Å². The van der Waals surface area contributed by atoms with Crippen molar-refractivity contribution in [1.29, 1.82) is 0 Å². The smallest absolute Gasteiger partial charge is 0.253 e. The Balaban J connectivity index is 1.61. The number of fused-ring (bicyclic) bond motifs is 2. The van der Waals surface area contributed by atoms with Crippen LogP contribution in [0.15, 0.2) is 52.9 Å². The number of ether oxygens (including phenoxy) is 2. The number of amides is 1. The van der Waals surface area contributed by atoms with E-state index in [1.807, 2.05) is 62.4 Å². The molecule has 0 aliphatic carbocycles. The van der Waals surface area contributed by atoms with Gasteiger partial charge in [-0.25, -0.2) is 0 Å². The SMILES string of the molecule is COc1ccc2cc(C(=O)NC(C)c3cc4cccc(OC)c4o3)c(C)nc2c1. The maximum Gasteiger partial charge on any atom is 0.253 e. The highest BCUT2D eigenvalue weighted by Crippen LogP contribution is 2.31. The predicted octanol–water partition coefficient (Wildman–Crippen LogP) is 4.80. The first-order chi connectivity index (χ1) is 14.0. The molecule has 0 saturated carbocycles. The van der Waals surface area contributed by atoms with Crippen molar-refractivity contribution in [2.45, 2.75) is 19.9 Å². The lowest BCUT2D eigenvalue weighted by Gasteiger charge is -2.13. The molecule has 0 fully saturated rings. The Bertz CT molecular complexity index is 1210. The first-order valence-corrected chi connectivity index (χ1v) is 9.33. The second kappa shape index (κ2) is 7.47. The summed E-state index contributed by atoms with van der Waals surface area (Å²) in [5.41, 5.74) is 2.64. The number of hydrogen-bond acceptors (Lipinski definition) is 5. The lowest BCUT2D eigenvalue weighted by atomic mass is 10.1. The average Bonchev–Trinajstić information content (AvgIpc) is 3.17. The highest BCUT2D eigenvalue weighted by atomic mass is 16.5. The molecule has 6 nitrogen and oxygen atoms in total. The third-order valence-electron chi connectivity index (χ3n) is 4.98. The van der Waals surface area contributed by atoms with Gasteiger partial charge in [0, 0.05) is 16.8 Å². The van der Waals surface area contributed by atoms with Gasteiger partial charge >= 0.3 is 0 Å². The third kappa shape index (κ3) is 3.49. The van der Waals surface area contributed by atoms with Crippen molar-refractivity contribution in [2.24, 2.45) is 0 Å². The summed E-state index contributed by atoms with van der Waals surface area (Å²) in [6, 6.07) is 14.8. The van der Waals surface area contributed by atoms with Crippen LogP contribution in [0, 0.1) is 6.92 Å². The van der Waals surface area contributed by atoms with Crippen LogP contribution in [-0.2, 0) is 0 Å². The van der Waals surface area contributed by atoms with Crippen molar-refractivity contribution in [3.8, 4) is 11.5 Å². The molecule has 4 aromatic rings. The van der Waals surface area contributed by atoms with Gasteiger partial charge in [0.05, 0.1) is 37.0 Å². The molecule has 2 heterocycles. The van der Waals surface area contributed by atoms with Gasteiger partial charge < -0.3 is 19.2 Å². The number of benzene rings is 2. The van der Waals surface area contributed by atoms with E-state index in [2.05, 4.69) is 10.3 Å². The minimum atomic E-state index is -0.314. The zero-order chi connectivity index (χ0) is 20.5. The fourth-order valence-corrected chi connectivity index (χ4v) is 3.38. The monoisotopic (exact) mass is 390 g/mol. The van der Waals surface area contributed by atoms with Crippen molar-refractivity contribution in [3.63, 3.8) is 0 Å². The standard InChI is InChI=1S/C23H22N2O4/c1-13-18(10-15-8-9-17(27-3)12-19(15)24-13)23(26)25-14(2)21-11-16-6-5-7-20(28-4)22(16)29-21/h5-12,14H,1-4H3,(H,25,26). The molecular formula is C23H22N2O4. The molecule has 1 N–H and O–H groups in total. The quantitative estimate of drug-likeness (QED) is 0.530. The van der Waals surface area contributed by atoms with E-state index in [0.717, 1.165) is 22.0 Å². The predicted molar refractivity (Wildman–Crippen MR) is 112 cm³/mol. The molecule has 2 aromatic carbocycles. The molecule has 0 aliphatic heterocycles. The van der Waals surface area contributed by atoms with Gasteiger partial charge in [0.25, 0.3) is 5.91 Å². The van der Waals surface area contributed by atoms with Crippen molar-refractivity contribution in [1.82, 2.24) is 10.3 Å². The molecule has 0 spiro atoms. The number of nitrogens with one attached hydrogen (secondary N) is 1. The first kappa shape index (κ1) is 18.8. The number of furan rings is 1. The molecule has 148 valence electrons. The molecule has 1 unspecified atom stereocenters. The normalized spacial score (nSPS) is 12.1. The first-order valence-electron chi connectivity index (χ1n) is 9.33. The van der Waals surface area contributed by atoms with Crippen LogP contribution in [0.2, 0.25) is 0 Å². The fourth-order valence-electron chi connectivity index (χ4n) is 3.38. The molecule has 1 amide bonds. The molecule has 0 radical (unpaired) electrons. The largest absolute Gasteiger partial charge is 0.497 e. The number of carbonyl (C=O) groups excluding carboxylic acids is 1. The summed E-state index contributed by atoms with van der Waals surface area (Å²) in [5, 5.41) is 4.81. The summed E-state index contributed by atoms with van der Waals surface area (Å²) in [6.07, 6.45) is 0. The molecule has 0 bridgehead atoms. The molecule has 0 saturated heterocycles. The van der Waals surface area contributed by atoms with Crippen LogP contribution >= 0.6 is 0 Å². The Morgan fingerprint density at radius 2 is 1.90 bits per heavy atom. The molecule has 1 atom stereocenters. The summed E-state index contributed by atoms with van der Waals surface area (Å²) in [5.74, 6) is 1.86. The number of hydrogen-bond donors (Lipinski definition) is 1. The maximum absolute atomic E-state index is 12.9. The van der Waals surface area contributed by atoms with E-state index in [1.54, 1.807) is 14.2 Å². The fraction of sp³-hybridized carbons (Fsp3) is 0.217. The van der Waals surface area contributed by atoms with Crippen LogP contribution in [-0.4, -0.2) is 25.1 Å². The molecule has 4 rings (SSSR count). The van der Waals surface area contributed by atoms with Gasteiger partial charge in [-0.15, -0.1) is 0 Å². The minimum Gasteiger partial charge on any atom is -0.497 e. The second-order valence-corrected chi connectivity index (χ2v) is 6.90. The summed E-state index contributed by atoms with van der Waals surface area (Å²) in [7, 11) is 3.22. The summed E-state index contributed by atoms with van der Waals surface area (Å²) < 4.78 is 16.5. The number of aryl methyl sites for hydroxylation is 1. The number of rotatable bonds is 5. The van der Waals surface area contributed by atoms with E-state index in [0.29, 0.717) is 28.4 Å². The van der Waals surface area contributed by atoms with E-state index >= 15 is 0 Å². The Labute approximate surface area is 168 Å². The zero-order valence-corrected chi connectivity index (χ0v) is 16.8. The molecular weight excluding hydrogens is 368 g/mol. The Morgan fingerprint density at radius 3 is 2.66 bits per heavy atom. The number of methoxy groups -OCH3 is 2. The van der Waals surface area contributed by atoms with Gasteiger partial charge in [0.15, 0.2) is 11.3 Å². The van der Waals surface area contributed by atoms with E-state index in [4.69, 9.17) is 13.9 Å². The highest BCUT2D eigenvalue weighted by Gasteiger charge is 2.19. The van der Waals surface area contributed by atoms with Gasteiger partial charge in [-0.05, 0) is 44.2 Å². The van der Waals surface area contributed by atoms with Crippen molar-refractivity contribution < 1.29 is 18.7 Å². The molecule has 6 heteroatoms. The summed E-state index contributed by atoms with van der Waals surface area (Å²) >= 11 is 0. The van der Waals surface area contributed by atoms with Crippen molar-refractivity contribution >= 4 is 27.8 Å². The van der Waals surface area contributed by atoms with Crippen LogP contribution in [0.5, 0.6) is 11.5 Å². The molecule has 2 aromatic heterocycles. The summed E-state index contributed by atoms with van der Waals surface area (Å²) in [6.45, 7) is 3.71. The van der Waals surface area contributed by atoms with E-state index in [-0.39, 0.29) is 11.9 Å². The van der Waals surface area contributed by atoms with E-state index < -0.39 is 0 Å². The maximum atomic E-state index is 12.9. The van der Waals surface area contributed by atoms with Crippen LogP contribution < -0.4 is 14.8 Å². The van der Waals surface area contributed by atoms with E-state index in [1.165, 1.54) is 0 Å². The number of pyridine rings is 1. The Morgan fingerprint density at radius 1 is 1.07 bits per heavy atom. The Hall–Kier alpha value is -3.54. The number of carbonyl (C=O) groups is 1. The van der Waals surface area contributed by atoms with Gasteiger partial charge in [-0.1, -0.05) is 12.1 Å². The summed E-state index contributed by atoms with van der Waals surface area (Å²) in [4.78, 5) is 17.5. The molecule has 29 heavy (non-hydrogen) atoms. The lowest BCUT2D eigenvalue weighted by Crippen LogP contribution is -2.27. The topological polar surface area (TPSA) is 73.6 Å². The number of para-hydroxylation sites is 1. The minimum absolute atomic E-state index is 0.201. The van der Waals surface area contributed by atoms with Gasteiger partial charge in [-0.3, -0.25) is 9.78 Å². The Kier molecular flexibility index (Phi) is 4.84. The van der Waals surface area contributed by atoms with Gasteiger partial charge in [0.2, 0.25) is 0 Å². The van der Waals surface area contributed by atoms with Gasteiger partial charge in [0.1, 0.15) is 11.5 Å². The average molecular weight is 390 g/mol. The van der Waals surface area contributed by atoms with Crippen LogP contribution in [0.25, 0.3) is 21.9 Å². The number of nitrogens with zero attached hydrogens (tertiary/aromatic N) is 1. The van der Waals surface area contributed by atoms with Crippen LogP contribution in [0.4, 0.5) is 0 Å². The van der Waals surface area contributed by atoms with Crippen molar-refractivity contribution in [2.75, 3.05) is 14.2 Å². The van der Waals surface area contributed by atoms with Gasteiger partial charge in [-0.2, -0.15) is 0 Å².